The van der Waals surface area contributed by atoms with Gasteiger partial charge in [-0.2, -0.15) is 0 Å². The molecule has 1 aromatic heterocycles. The number of hydrogen-bond acceptors (Lipinski definition) is 6. The SMILES string of the molecule is CCN1CCC[C@@H]1CN(Cc1cc(OC)c2c(c1)OCO2)Cc1ccccn1. The molecule has 3 heterocycles. The largest absolute Gasteiger partial charge is 0.493 e. The summed E-state index contributed by atoms with van der Waals surface area (Å²) in [5, 5.41) is 0. The quantitative estimate of drug-likeness (QED) is 0.697. The predicted molar refractivity (Wildman–Crippen MR) is 108 cm³/mol. The second-order valence-corrected chi connectivity index (χ2v) is 7.45. The molecule has 6 heteroatoms. The minimum Gasteiger partial charge on any atom is -0.493 e. The Bertz CT molecular complexity index is 784. The van der Waals surface area contributed by atoms with Crippen molar-refractivity contribution in [3.05, 3.63) is 47.8 Å². The zero-order valence-electron chi connectivity index (χ0n) is 16.8. The van der Waals surface area contributed by atoms with Crippen molar-refractivity contribution >= 4 is 0 Å². The Morgan fingerprint density at radius 1 is 1.25 bits per heavy atom. The third-order valence-corrected chi connectivity index (χ3v) is 5.61. The number of fused-ring (bicyclic) bond motifs is 1. The van der Waals surface area contributed by atoms with Gasteiger partial charge in [0, 0.05) is 31.9 Å². The van der Waals surface area contributed by atoms with Gasteiger partial charge in [-0.3, -0.25) is 14.8 Å². The first-order valence-electron chi connectivity index (χ1n) is 10.1. The Hall–Kier alpha value is -2.31. The second-order valence-electron chi connectivity index (χ2n) is 7.45. The van der Waals surface area contributed by atoms with Crippen LogP contribution in [0.25, 0.3) is 0 Å². The molecule has 0 aliphatic carbocycles. The minimum absolute atomic E-state index is 0.250. The van der Waals surface area contributed by atoms with E-state index in [4.69, 9.17) is 14.2 Å². The number of likely N-dealkylation sites (N-methyl/N-ethyl adjacent to an activating group) is 1. The Morgan fingerprint density at radius 3 is 2.96 bits per heavy atom. The summed E-state index contributed by atoms with van der Waals surface area (Å²) in [6.07, 6.45) is 4.41. The Morgan fingerprint density at radius 2 is 2.18 bits per heavy atom. The maximum atomic E-state index is 5.61. The number of aromatic nitrogens is 1. The molecule has 150 valence electrons. The van der Waals surface area contributed by atoms with E-state index in [1.807, 2.05) is 12.3 Å². The van der Waals surface area contributed by atoms with Crippen molar-refractivity contribution in [2.75, 3.05) is 33.5 Å². The lowest BCUT2D eigenvalue weighted by atomic mass is 10.1. The van der Waals surface area contributed by atoms with Crippen LogP contribution in [0, 0.1) is 0 Å². The molecule has 6 nitrogen and oxygen atoms in total. The van der Waals surface area contributed by atoms with Crippen LogP contribution in [-0.2, 0) is 13.1 Å². The van der Waals surface area contributed by atoms with Crippen LogP contribution in [0.2, 0.25) is 0 Å². The molecule has 1 fully saturated rings. The first-order valence-corrected chi connectivity index (χ1v) is 10.1. The fourth-order valence-corrected chi connectivity index (χ4v) is 4.26. The number of methoxy groups -OCH3 is 1. The topological polar surface area (TPSA) is 47.1 Å². The summed E-state index contributed by atoms with van der Waals surface area (Å²) in [6, 6.07) is 10.8. The lowest BCUT2D eigenvalue weighted by Crippen LogP contribution is -2.39. The van der Waals surface area contributed by atoms with Gasteiger partial charge in [0.15, 0.2) is 11.5 Å². The van der Waals surface area contributed by atoms with Gasteiger partial charge in [-0.05, 0) is 55.8 Å². The first-order chi connectivity index (χ1) is 13.8. The summed E-state index contributed by atoms with van der Waals surface area (Å²) < 4.78 is 16.7. The number of pyridine rings is 1. The van der Waals surface area contributed by atoms with Crippen molar-refractivity contribution in [1.29, 1.82) is 0 Å². The molecule has 0 bridgehead atoms. The van der Waals surface area contributed by atoms with Crippen LogP contribution >= 0.6 is 0 Å². The van der Waals surface area contributed by atoms with E-state index in [-0.39, 0.29) is 6.79 Å². The maximum absolute atomic E-state index is 5.61. The van der Waals surface area contributed by atoms with Crippen molar-refractivity contribution in [1.82, 2.24) is 14.8 Å². The van der Waals surface area contributed by atoms with Crippen molar-refractivity contribution in [3.63, 3.8) is 0 Å². The van der Waals surface area contributed by atoms with E-state index in [1.54, 1.807) is 7.11 Å². The number of nitrogens with zero attached hydrogens (tertiary/aromatic N) is 3. The highest BCUT2D eigenvalue weighted by atomic mass is 16.7. The fourth-order valence-electron chi connectivity index (χ4n) is 4.26. The van der Waals surface area contributed by atoms with Crippen LogP contribution in [0.4, 0.5) is 0 Å². The number of hydrogen-bond donors (Lipinski definition) is 0. The maximum Gasteiger partial charge on any atom is 0.231 e. The molecule has 2 aliphatic rings. The van der Waals surface area contributed by atoms with E-state index < -0.39 is 0 Å². The molecule has 2 aliphatic heterocycles. The summed E-state index contributed by atoms with van der Waals surface area (Å²) in [4.78, 5) is 9.61. The lowest BCUT2D eigenvalue weighted by molar-refractivity contribution is 0.164. The smallest absolute Gasteiger partial charge is 0.231 e. The summed E-state index contributed by atoms with van der Waals surface area (Å²) >= 11 is 0. The van der Waals surface area contributed by atoms with Crippen molar-refractivity contribution in [3.8, 4) is 17.2 Å². The van der Waals surface area contributed by atoms with Crippen molar-refractivity contribution in [2.45, 2.75) is 38.9 Å². The van der Waals surface area contributed by atoms with Gasteiger partial charge in [-0.15, -0.1) is 0 Å². The van der Waals surface area contributed by atoms with Gasteiger partial charge >= 0.3 is 0 Å². The van der Waals surface area contributed by atoms with Gasteiger partial charge in [-0.25, -0.2) is 0 Å². The average Bonchev–Trinajstić information content (AvgIpc) is 3.37. The zero-order chi connectivity index (χ0) is 19.3. The highest BCUT2D eigenvalue weighted by Crippen LogP contribution is 2.42. The van der Waals surface area contributed by atoms with E-state index in [2.05, 4.69) is 46.0 Å². The molecule has 0 spiro atoms. The highest BCUT2D eigenvalue weighted by Gasteiger charge is 2.26. The van der Waals surface area contributed by atoms with Crippen LogP contribution in [0.5, 0.6) is 17.2 Å². The van der Waals surface area contributed by atoms with Crippen LogP contribution < -0.4 is 14.2 Å². The molecular formula is C22H29N3O3. The minimum atomic E-state index is 0.250. The van der Waals surface area contributed by atoms with Gasteiger partial charge in [-0.1, -0.05) is 13.0 Å². The molecule has 28 heavy (non-hydrogen) atoms. The van der Waals surface area contributed by atoms with Gasteiger partial charge in [0.25, 0.3) is 0 Å². The van der Waals surface area contributed by atoms with E-state index in [0.717, 1.165) is 48.9 Å². The molecule has 0 saturated carbocycles. The summed E-state index contributed by atoms with van der Waals surface area (Å²) in [5.41, 5.74) is 2.26. The molecule has 0 radical (unpaired) electrons. The van der Waals surface area contributed by atoms with Gasteiger partial charge < -0.3 is 14.2 Å². The molecule has 1 saturated heterocycles. The van der Waals surface area contributed by atoms with Crippen molar-refractivity contribution < 1.29 is 14.2 Å². The number of ether oxygens (including phenoxy) is 3. The van der Waals surface area contributed by atoms with Crippen LogP contribution in [0.3, 0.4) is 0 Å². The number of benzene rings is 1. The zero-order valence-corrected chi connectivity index (χ0v) is 16.8. The highest BCUT2D eigenvalue weighted by molar-refractivity contribution is 5.55. The number of likely N-dealkylation sites (tertiary alicyclic amines) is 1. The van der Waals surface area contributed by atoms with Gasteiger partial charge in [0.05, 0.1) is 12.8 Å². The Balaban J connectivity index is 1.55. The van der Waals surface area contributed by atoms with Crippen LogP contribution in [-0.4, -0.2) is 54.4 Å². The van der Waals surface area contributed by atoms with E-state index in [0.29, 0.717) is 11.8 Å². The molecule has 0 amide bonds. The van der Waals surface area contributed by atoms with Gasteiger partial charge in [0.2, 0.25) is 12.5 Å². The van der Waals surface area contributed by atoms with E-state index in [9.17, 15) is 0 Å². The van der Waals surface area contributed by atoms with Crippen LogP contribution in [0.1, 0.15) is 31.0 Å². The fraction of sp³-hybridized carbons (Fsp3) is 0.500. The van der Waals surface area contributed by atoms with Crippen LogP contribution in [0.15, 0.2) is 36.5 Å². The standard InChI is InChI=1S/C22H29N3O3/c1-3-25-10-6-8-19(25)15-24(14-18-7-4-5-9-23-18)13-17-11-20(26-2)22-21(12-17)27-16-28-22/h4-5,7,9,11-12,19H,3,6,8,10,13-16H2,1-2H3/t19-/m1/s1. The number of rotatable bonds is 8. The van der Waals surface area contributed by atoms with E-state index in [1.165, 1.54) is 19.4 Å². The molecular weight excluding hydrogens is 354 g/mol. The molecule has 4 rings (SSSR count). The normalized spacial score (nSPS) is 18.8. The average molecular weight is 383 g/mol. The first kappa shape index (κ1) is 19.0. The van der Waals surface area contributed by atoms with Crippen molar-refractivity contribution in [2.24, 2.45) is 0 Å². The summed E-state index contributed by atoms with van der Waals surface area (Å²) in [5.74, 6) is 2.21. The molecule has 2 aromatic rings. The molecule has 1 aromatic carbocycles. The molecule has 0 N–H and O–H groups in total. The summed E-state index contributed by atoms with van der Waals surface area (Å²) in [6.45, 7) is 7.49. The Kier molecular flexibility index (Phi) is 5.98. The third kappa shape index (κ3) is 4.23. The van der Waals surface area contributed by atoms with Gasteiger partial charge in [0.1, 0.15) is 0 Å². The second kappa shape index (κ2) is 8.80. The Labute approximate surface area is 167 Å². The predicted octanol–water partition coefficient (Wildman–Crippen LogP) is 3.31. The lowest BCUT2D eigenvalue weighted by Gasteiger charge is -2.30. The summed E-state index contributed by atoms with van der Waals surface area (Å²) in [7, 11) is 1.67. The monoisotopic (exact) mass is 383 g/mol. The molecule has 0 unspecified atom stereocenters. The third-order valence-electron chi connectivity index (χ3n) is 5.61. The molecule has 1 atom stereocenters. The van der Waals surface area contributed by atoms with E-state index >= 15 is 0 Å².